The predicted molar refractivity (Wildman–Crippen MR) is 107 cm³/mol. The fourth-order valence-corrected chi connectivity index (χ4v) is 2.29. The number of hydrogen-bond donors (Lipinski definition) is 1. The molecular weight excluding hydrogens is 346 g/mol. The summed E-state index contributed by atoms with van der Waals surface area (Å²) in [5.74, 6) is 4.03. The quantitative estimate of drug-likeness (QED) is 0.591. The average molecular weight is 377 g/mol. The van der Waals surface area contributed by atoms with Crippen molar-refractivity contribution in [1.29, 1.82) is 0 Å². The van der Waals surface area contributed by atoms with Crippen molar-refractivity contribution in [1.82, 2.24) is 9.97 Å². The second-order valence-electron chi connectivity index (χ2n) is 5.62. The van der Waals surface area contributed by atoms with E-state index in [1.54, 1.807) is 32.5 Å². The lowest BCUT2D eigenvalue weighted by Gasteiger charge is -2.13. The van der Waals surface area contributed by atoms with Crippen molar-refractivity contribution >= 4 is 5.82 Å². The number of ether oxygens (including phenoxy) is 4. The van der Waals surface area contributed by atoms with Gasteiger partial charge in [-0.05, 0) is 25.5 Å². The van der Waals surface area contributed by atoms with Gasteiger partial charge in [-0.2, -0.15) is 0 Å². The van der Waals surface area contributed by atoms with Crippen LogP contribution >= 0.6 is 0 Å². The first-order valence-electron chi connectivity index (χ1n) is 8.73. The third kappa shape index (κ3) is 6.84. The Morgan fingerprint density at radius 3 is 2.44 bits per heavy atom. The van der Waals surface area contributed by atoms with Crippen molar-refractivity contribution in [3.63, 3.8) is 0 Å². The molecule has 0 saturated heterocycles. The molecule has 0 saturated carbocycles. The van der Waals surface area contributed by atoms with Gasteiger partial charge in [-0.15, -0.1) is 0 Å². The highest BCUT2D eigenvalue weighted by molar-refractivity contribution is 5.48. The zero-order valence-corrected chi connectivity index (χ0v) is 15.9. The van der Waals surface area contributed by atoms with Crippen LogP contribution in [0, 0.1) is 6.92 Å². The lowest BCUT2D eigenvalue weighted by molar-refractivity contribution is 0.216. The Bertz CT molecular complexity index is 695. The van der Waals surface area contributed by atoms with Crippen molar-refractivity contribution < 1.29 is 18.9 Å². The number of anilines is 1. The molecule has 0 radical (unpaired) electrons. The first-order valence-corrected chi connectivity index (χ1v) is 8.73. The summed E-state index contributed by atoms with van der Waals surface area (Å²) >= 11 is 0. The van der Waals surface area contributed by atoms with Crippen LogP contribution in [0.25, 0.3) is 0 Å². The SMILES string of the molecule is C.CCCCNc1nc(C)ncc1OCCOc1ccc(OC)c(OC)c1. The van der Waals surface area contributed by atoms with E-state index in [4.69, 9.17) is 18.9 Å². The Morgan fingerprint density at radius 1 is 1.00 bits per heavy atom. The second-order valence-corrected chi connectivity index (χ2v) is 5.62. The van der Waals surface area contributed by atoms with E-state index in [0.29, 0.717) is 42.0 Å². The van der Waals surface area contributed by atoms with E-state index >= 15 is 0 Å². The smallest absolute Gasteiger partial charge is 0.180 e. The molecule has 0 atom stereocenters. The number of nitrogens with zero attached hydrogens (tertiary/aromatic N) is 2. The van der Waals surface area contributed by atoms with Crippen LogP contribution in [0.3, 0.4) is 0 Å². The van der Waals surface area contributed by atoms with Crippen LogP contribution in [0.2, 0.25) is 0 Å². The molecule has 0 aliphatic rings. The molecule has 0 bridgehead atoms. The Kier molecular flexibility index (Phi) is 9.79. The molecule has 2 aromatic rings. The van der Waals surface area contributed by atoms with Gasteiger partial charge in [0.1, 0.15) is 24.8 Å². The Labute approximate surface area is 162 Å². The van der Waals surface area contributed by atoms with E-state index in [1.165, 1.54) is 0 Å². The molecule has 0 aliphatic carbocycles. The van der Waals surface area contributed by atoms with Gasteiger partial charge in [0.15, 0.2) is 23.1 Å². The maximum absolute atomic E-state index is 5.78. The molecule has 0 fully saturated rings. The van der Waals surface area contributed by atoms with Crippen LogP contribution in [-0.2, 0) is 0 Å². The third-order valence-electron chi connectivity index (χ3n) is 3.66. The second kappa shape index (κ2) is 11.8. The van der Waals surface area contributed by atoms with Crippen molar-refractivity contribution in [2.75, 3.05) is 39.3 Å². The number of rotatable bonds is 11. The molecule has 1 N–H and O–H groups in total. The Balaban J connectivity index is 0.00000364. The van der Waals surface area contributed by atoms with Gasteiger partial charge in [0, 0.05) is 12.6 Å². The summed E-state index contributed by atoms with van der Waals surface area (Å²) < 4.78 is 22.0. The lowest BCUT2D eigenvalue weighted by Crippen LogP contribution is -2.12. The van der Waals surface area contributed by atoms with Gasteiger partial charge in [0.05, 0.1) is 20.4 Å². The van der Waals surface area contributed by atoms with Crippen molar-refractivity contribution in [3.8, 4) is 23.0 Å². The first kappa shape index (κ1) is 22.3. The third-order valence-corrected chi connectivity index (χ3v) is 3.66. The maximum atomic E-state index is 5.78. The van der Waals surface area contributed by atoms with Crippen LogP contribution in [0.15, 0.2) is 24.4 Å². The summed E-state index contributed by atoms with van der Waals surface area (Å²) in [6.45, 7) is 5.62. The molecule has 150 valence electrons. The molecular formula is C20H31N3O4. The number of unbranched alkanes of at least 4 members (excludes halogenated alkanes) is 1. The van der Waals surface area contributed by atoms with E-state index in [-0.39, 0.29) is 7.43 Å². The topological polar surface area (TPSA) is 74.7 Å². The van der Waals surface area contributed by atoms with Crippen LogP contribution < -0.4 is 24.3 Å². The minimum Gasteiger partial charge on any atom is -0.493 e. The highest BCUT2D eigenvalue weighted by atomic mass is 16.5. The molecule has 0 unspecified atom stereocenters. The molecule has 2 rings (SSSR count). The zero-order chi connectivity index (χ0) is 18.8. The molecule has 27 heavy (non-hydrogen) atoms. The van der Waals surface area contributed by atoms with Gasteiger partial charge < -0.3 is 24.3 Å². The summed E-state index contributed by atoms with van der Waals surface area (Å²) in [4.78, 5) is 8.60. The van der Waals surface area contributed by atoms with Crippen LogP contribution in [0.5, 0.6) is 23.0 Å². The van der Waals surface area contributed by atoms with Gasteiger partial charge in [0.25, 0.3) is 0 Å². The minimum absolute atomic E-state index is 0. The number of hydrogen-bond acceptors (Lipinski definition) is 7. The standard InChI is InChI=1S/C19H27N3O4.CH4/c1-5-6-9-20-19-18(13-21-14(2)22-19)26-11-10-25-15-7-8-16(23-3)17(12-15)24-4;/h7-8,12-13H,5-6,9-11H2,1-4H3,(H,20,21,22);1H4. The van der Waals surface area contributed by atoms with Gasteiger partial charge in [0.2, 0.25) is 0 Å². The monoisotopic (exact) mass is 377 g/mol. The van der Waals surface area contributed by atoms with Crippen molar-refractivity contribution in [3.05, 3.63) is 30.2 Å². The van der Waals surface area contributed by atoms with Crippen LogP contribution in [0.1, 0.15) is 33.0 Å². The molecule has 7 heteroatoms. The number of aryl methyl sites for hydroxylation is 1. The number of methoxy groups -OCH3 is 2. The van der Waals surface area contributed by atoms with Crippen molar-refractivity contribution in [2.24, 2.45) is 0 Å². The number of nitrogens with one attached hydrogen (secondary N) is 1. The van der Waals surface area contributed by atoms with E-state index in [0.717, 1.165) is 25.2 Å². The maximum Gasteiger partial charge on any atom is 0.180 e. The van der Waals surface area contributed by atoms with Gasteiger partial charge >= 0.3 is 0 Å². The molecule has 1 heterocycles. The van der Waals surface area contributed by atoms with E-state index in [9.17, 15) is 0 Å². The molecule has 7 nitrogen and oxygen atoms in total. The molecule has 1 aromatic carbocycles. The fraction of sp³-hybridized carbons (Fsp3) is 0.500. The summed E-state index contributed by atoms with van der Waals surface area (Å²) in [5, 5.41) is 3.29. The predicted octanol–water partition coefficient (Wildman–Crippen LogP) is 4.11. The molecule has 1 aromatic heterocycles. The van der Waals surface area contributed by atoms with Gasteiger partial charge in [-0.1, -0.05) is 20.8 Å². The summed E-state index contributed by atoms with van der Waals surface area (Å²) in [7, 11) is 3.19. The summed E-state index contributed by atoms with van der Waals surface area (Å²) in [6, 6.07) is 5.41. The van der Waals surface area contributed by atoms with Crippen LogP contribution in [-0.4, -0.2) is 43.9 Å². The highest BCUT2D eigenvalue weighted by Crippen LogP contribution is 2.30. The van der Waals surface area contributed by atoms with E-state index < -0.39 is 0 Å². The van der Waals surface area contributed by atoms with Gasteiger partial charge in [-0.3, -0.25) is 0 Å². The van der Waals surface area contributed by atoms with Crippen LogP contribution in [0.4, 0.5) is 5.82 Å². The molecule has 0 aliphatic heterocycles. The summed E-state index contributed by atoms with van der Waals surface area (Å²) in [5.41, 5.74) is 0. The zero-order valence-electron chi connectivity index (χ0n) is 15.9. The molecule has 0 amide bonds. The largest absolute Gasteiger partial charge is 0.493 e. The normalized spacial score (nSPS) is 9.93. The van der Waals surface area contributed by atoms with E-state index in [1.807, 2.05) is 13.0 Å². The Hall–Kier alpha value is -2.70. The fourth-order valence-electron chi connectivity index (χ4n) is 2.29. The van der Waals surface area contributed by atoms with Crippen molar-refractivity contribution in [2.45, 2.75) is 34.1 Å². The number of aromatic nitrogens is 2. The molecule has 0 spiro atoms. The Morgan fingerprint density at radius 2 is 1.74 bits per heavy atom. The number of benzene rings is 1. The summed E-state index contributed by atoms with van der Waals surface area (Å²) in [6.07, 6.45) is 3.88. The minimum atomic E-state index is 0. The van der Waals surface area contributed by atoms with Gasteiger partial charge in [-0.25, -0.2) is 9.97 Å². The average Bonchev–Trinajstić information content (AvgIpc) is 2.66. The first-order chi connectivity index (χ1) is 12.7. The highest BCUT2D eigenvalue weighted by Gasteiger charge is 2.08. The van der Waals surface area contributed by atoms with E-state index in [2.05, 4.69) is 22.2 Å². The lowest BCUT2D eigenvalue weighted by atomic mass is 10.3.